The van der Waals surface area contributed by atoms with Crippen LogP contribution in [0.25, 0.3) is 0 Å². The Balaban J connectivity index is 4.61. The molecule has 156 valence electrons. The lowest BCUT2D eigenvalue weighted by molar-refractivity contribution is -0.133. The molecule has 0 bridgehead atoms. The molecule has 0 rings (SSSR count). The minimum absolute atomic E-state index is 0.141. The third kappa shape index (κ3) is 10.6. The molecular formula is C17H33N5O5. The zero-order valence-corrected chi connectivity index (χ0v) is 16.6. The van der Waals surface area contributed by atoms with E-state index in [1.54, 1.807) is 6.92 Å². The Morgan fingerprint density at radius 2 is 1.67 bits per heavy atom. The summed E-state index contributed by atoms with van der Waals surface area (Å²) >= 11 is 0. The maximum absolute atomic E-state index is 12.2. The number of primary amides is 1. The number of hydroxylamine groups is 1. The lowest BCUT2D eigenvalue weighted by Gasteiger charge is -2.21. The molecule has 3 atom stereocenters. The second-order valence-corrected chi connectivity index (χ2v) is 6.76. The van der Waals surface area contributed by atoms with Gasteiger partial charge >= 0.3 is 0 Å². The van der Waals surface area contributed by atoms with Gasteiger partial charge in [-0.05, 0) is 40.4 Å². The lowest BCUT2D eigenvalue weighted by Crippen LogP contribution is -2.54. The van der Waals surface area contributed by atoms with Gasteiger partial charge in [0.25, 0.3) is 0 Å². The van der Waals surface area contributed by atoms with Crippen LogP contribution in [0.5, 0.6) is 0 Å². The minimum atomic E-state index is -1.02. The van der Waals surface area contributed by atoms with Crippen LogP contribution in [0.4, 0.5) is 0 Å². The third-order valence-electron chi connectivity index (χ3n) is 4.03. The zero-order chi connectivity index (χ0) is 21.0. The number of rotatable bonds is 14. The van der Waals surface area contributed by atoms with E-state index in [0.717, 1.165) is 19.4 Å². The van der Waals surface area contributed by atoms with Gasteiger partial charge in [-0.2, -0.15) is 5.48 Å². The van der Waals surface area contributed by atoms with Gasteiger partial charge in [-0.15, -0.1) is 0 Å². The van der Waals surface area contributed by atoms with Gasteiger partial charge in [0.2, 0.25) is 17.7 Å². The molecule has 0 saturated carbocycles. The lowest BCUT2D eigenvalue weighted by atomic mass is 10.1. The SMILES string of the molecule is CCC(=O)[C@H](CC(N)=O)NC(=O)[C@H](C)NC(=O)[C@H](CCCCN(C)C)NO. The molecule has 3 amide bonds. The maximum Gasteiger partial charge on any atom is 0.242 e. The molecule has 0 aliphatic heterocycles. The number of carbonyl (C=O) groups excluding carboxylic acids is 4. The third-order valence-corrected chi connectivity index (χ3v) is 4.03. The van der Waals surface area contributed by atoms with Crippen molar-refractivity contribution >= 4 is 23.5 Å². The number of hydrogen-bond acceptors (Lipinski definition) is 7. The summed E-state index contributed by atoms with van der Waals surface area (Å²) in [4.78, 5) is 49.3. The van der Waals surface area contributed by atoms with Crippen LogP contribution < -0.4 is 21.8 Å². The molecule has 0 heterocycles. The second kappa shape index (κ2) is 13.2. The minimum Gasteiger partial charge on any atom is -0.370 e. The molecule has 0 spiro atoms. The number of amides is 3. The molecule has 27 heavy (non-hydrogen) atoms. The Morgan fingerprint density at radius 3 is 2.15 bits per heavy atom. The predicted molar refractivity (Wildman–Crippen MR) is 99.8 cm³/mol. The highest BCUT2D eigenvalue weighted by molar-refractivity contribution is 5.95. The van der Waals surface area contributed by atoms with Crippen LogP contribution in [-0.4, -0.2) is 72.4 Å². The van der Waals surface area contributed by atoms with Crippen molar-refractivity contribution in [3.63, 3.8) is 0 Å². The molecule has 0 saturated heterocycles. The van der Waals surface area contributed by atoms with E-state index in [4.69, 9.17) is 5.73 Å². The van der Waals surface area contributed by atoms with Crippen molar-refractivity contribution < 1.29 is 24.4 Å². The Labute approximate surface area is 160 Å². The molecule has 0 radical (unpaired) electrons. The van der Waals surface area contributed by atoms with E-state index in [9.17, 15) is 24.4 Å². The van der Waals surface area contributed by atoms with Gasteiger partial charge in [0.15, 0.2) is 5.78 Å². The van der Waals surface area contributed by atoms with E-state index in [0.29, 0.717) is 6.42 Å². The summed E-state index contributed by atoms with van der Waals surface area (Å²) in [6.07, 6.45) is 1.83. The first-order valence-corrected chi connectivity index (χ1v) is 9.08. The van der Waals surface area contributed by atoms with Crippen molar-refractivity contribution in [2.75, 3.05) is 20.6 Å². The first kappa shape index (κ1) is 25.0. The first-order chi connectivity index (χ1) is 12.6. The second-order valence-electron chi connectivity index (χ2n) is 6.76. The van der Waals surface area contributed by atoms with E-state index >= 15 is 0 Å². The maximum atomic E-state index is 12.2. The van der Waals surface area contributed by atoms with Crippen LogP contribution in [0.15, 0.2) is 0 Å². The van der Waals surface area contributed by atoms with E-state index in [1.165, 1.54) is 6.92 Å². The van der Waals surface area contributed by atoms with Crippen molar-refractivity contribution in [3.05, 3.63) is 0 Å². The zero-order valence-electron chi connectivity index (χ0n) is 16.6. The van der Waals surface area contributed by atoms with Gasteiger partial charge in [0.1, 0.15) is 12.1 Å². The van der Waals surface area contributed by atoms with Crippen LogP contribution in [0.1, 0.15) is 46.0 Å². The normalized spacial score (nSPS) is 14.3. The highest BCUT2D eigenvalue weighted by atomic mass is 16.5. The fourth-order valence-corrected chi connectivity index (χ4v) is 2.40. The van der Waals surface area contributed by atoms with Crippen LogP contribution in [0, 0.1) is 0 Å². The van der Waals surface area contributed by atoms with Crippen molar-refractivity contribution in [2.24, 2.45) is 5.73 Å². The highest BCUT2D eigenvalue weighted by Gasteiger charge is 2.26. The summed E-state index contributed by atoms with van der Waals surface area (Å²) in [5.41, 5.74) is 7.06. The predicted octanol–water partition coefficient (Wildman–Crippen LogP) is -1.09. The largest absolute Gasteiger partial charge is 0.370 e. The highest BCUT2D eigenvalue weighted by Crippen LogP contribution is 2.03. The number of carbonyl (C=O) groups is 4. The Bertz CT molecular complexity index is 512. The standard InChI is InChI=1S/C17H33N5O5/c1-5-14(23)13(10-15(18)24)20-16(25)11(2)19-17(26)12(21-27)8-6-7-9-22(3)4/h11-13,21,27H,5-10H2,1-4H3,(H2,18,24)(H,19,26)(H,20,25)/t11-,12-,13-/m0/s1. The molecule has 0 aromatic heterocycles. The molecule has 6 N–H and O–H groups in total. The van der Waals surface area contributed by atoms with E-state index < -0.39 is 35.8 Å². The molecule has 10 nitrogen and oxygen atoms in total. The average molecular weight is 387 g/mol. The smallest absolute Gasteiger partial charge is 0.242 e. The van der Waals surface area contributed by atoms with Crippen LogP contribution in [0.2, 0.25) is 0 Å². The Hall–Kier alpha value is -2.04. The summed E-state index contributed by atoms with van der Waals surface area (Å²) in [6, 6.07) is -2.81. The summed E-state index contributed by atoms with van der Waals surface area (Å²) in [7, 11) is 3.90. The summed E-state index contributed by atoms with van der Waals surface area (Å²) in [5.74, 6) is -2.17. The van der Waals surface area contributed by atoms with Crippen LogP contribution >= 0.6 is 0 Å². The molecule has 0 aromatic rings. The number of nitrogens with two attached hydrogens (primary N) is 1. The number of ketones is 1. The van der Waals surface area contributed by atoms with Gasteiger partial charge in [0.05, 0.1) is 12.5 Å². The average Bonchev–Trinajstić information content (AvgIpc) is 2.59. The first-order valence-electron chi connectivity index (χ1n) is 9.08. The fraction of sp³-hybridized carbons (Fsp3) is 0.765. The quantitative estimate of drug-likeness (QED) is 0.187. The molecule has 0 aliphatic rings. The molecule has 10 heteroatoms. The number of Topliss-reactive ketones (excluding diaryl/α,β-unsaturated/α-hetero) is 1. The van der Waals surface area contributed by atoms with Gasteiger partial charge in [-0.1, -0.05) is 13.3 Å². The molecule has 0 fully saturated rings. The van der Waals surface area contributed by atoms with Crippen LogP contribution in [0.3, 0.4) is 0 Å². The molecular weight excluding hydrogens is 354 g/mol. The summed E-state index contributed by atoms with van der Waals surface area (Å²) in [6.45, 7) is 3.93. The van der Waals surface area contributed by atoms with Crippen molar-refractivity contribution in [2.45, 2.75) is 64.1 Å². The van der Waals surface area contributed by atoms with E-state index in [1.807, 2.05) is 24.5 Å². The van der Waals surface area contributed by atoms with Crippen molar-refractivity contribution in [1.82, 2.24) is 21.0 Å². The van der Waals surface area contributed by atoms with Crippen LogP contribution in [-0.2, 0) is 19.2 Å². The van der Waals surface area contributed by atoms with E-state index in [-0.39, 0.29) is 18.6 Å². The summed E-state index contributed by atoms with van der Waals surface area (Å²) < 4.78 is 0. The van der Waals surface area contributed by atoms with Crippen molar-refractivity contribution in [1.29, 1.82) is 0 Å². The molecule has 0 aromatic carbocycles. The van der Waals surface area contributed by atoms with Gasteiger partial charge in [0, 0.05) is 6.42 Å². The molecule has 0 aliphatic carbocycles. The van der Waals surface area contributed by atoms with Gasteiger partial charge in [-0.25, -0.2) is 0 Å². The Kier molecular flexibility index (Phi) is 12.2. The monoisotopic (exact) mass is 387 g/mol. The molecule has 0 unspecified atom stereocenters. The summed E-state index contributed by atoms with van der Waals surface area (Å²) in [5, 5.41) is 14.1. The Morgan fingerprint density at radius 1 is 1.04 bits per heavy atom. The number of nitrogens with one attached hydrogen (secondary N) is 3. The number of hydrogen-bond donors (Lipinski definition) is 5. The van der Waals surface area contributed by atoms with Crippen molar-refractivity contribution in [3.8, 4) is 0 Å². The fourth-order valence-electron chi connectivity index (χ4n) is 2.40. The van der Waals surface area contributed by atoms with E-state index in [2.05, 4.69) is 10.6 Å². The topological polar surface area (TPSA) is 154 Å². The van der Waals surface area contributed by atoms with Gasteiger partial charge < -0.3 is 26.5 Å². The number of unbranched alkanes of at least 4 members (excludes halogenated alkanes) is 1. The van der Waals surface area contributed by atoms with Gasteiger partial charge in [-0.3, -0.25) is 19.2 Å². The number of nitrogens with zero attached hydrogens (tertiary/aromatic N) is 1.